The molecule has 0 saturated carbocycles. The van der Waals surface area contributed by atoms with Crippen molar-refractivity contribution in [2.24, 2.45) is 0 Å². The molecule has 0 aromatic heterocycles. The van der Waals surface area contributed by atoms with E-state index in [2.05, 4.69) is 33.9 Å². The van der Waals surface area contributed by atoms with Crippen LogP contribution in [-0.4, -0.2) is 27.8 Å². The van der Waals surface area contributed by atoms with Gasteiger partial charge in [0.05, 0.1) is 12.2 Å². The van der Waals surface area contributed by atoms with Gasteiger partial charge in [0.2, 0.25) is 0 Å². The monoisotopic (exact) mass is 390 g/mol. The van der Waals surface area contributed by atoms with Gasteiger partial charge in [-0.05, 0) is 60.6 Å². The summed E-state index contributed by atoms with van der Waals surface area (Å²) in [5.41, 5.74) is 0.165. The van der Waals surface area contributed by atoms with Gasteiger partial charge in [0.25, 0.3) is 0 Å². The molecular formula is C21H27FO4Si. The number of carbonyl (C=O) groups excluding carboxylic acids is 1. The van der Waals surface area contributed by atoms with Crippen molar-refractivity contribution in [1.82, 2.24) is 0 Å². The third kappa shape index (κ3) is 5.90. The first-order valence-corrected chi connectivity index (χ1v) is 11.8. The molecule has 2 rings (SSSR count). The normalized spacial score (nSPS) is 11.9. The average molecular weight is 391 g/mol. The highest BCUT2D eigenvalue weighted by molar-refractivity contribution is 6.74. The minimum atomic E-state index is -1.76. The molecule has 0 amide bonds. The van der Waals surface area contributed by atoms with Crippen molar-refractivity contribution in [2.45, 2.75) is 38.9 Å². The van der Waals surface area contributed by atoms with E-state index in [4.69, 9.17) is 13.9 Å². The second kappa shape index (κ2) is 8.67. The van der Waals surface area contributed by atoms with Crippen molar-refractivity contribution < 1.29 is 23.1 Å². The largest absolute Gasteiger partial charge is 0.491 e. The van der Waals surface area contributed by atoms with Crippen LogP contribution in [0.4, 0.5) is 4.39 Å². The van der Waals surface area contributed by atoms with E-state index in [1.54, 1.807) is 24.3 Å². The molecule has 0 radical (unpaired) electrons. The Balaban J connectivity index is 1.88. The summed E-state index contributed by atoms with van der Waals surface area (Å²) in [5, 5.41) is 0.173. The summed E-state index contributed by atoms with van der Waals surface area (Å²) in [6.07, 6.45) is 0.568. The zero-order valence-corrected chi connectivity index (χ0v) is 17.5. The molecule has 6 heteroatoms. The maximum atomic E-state index is 13.2. The second-order valence-corrected chi connectivity index (χ2v) is 12.6. The molecule has 0 N–H and O–H groups in total. The van der Waals surface area contributed by atoms with Crippen LogP contribution in [0, 0.1) is 5.82 Å². The van der Waals surface area contributed by atoms with E-state index < -0.39 is 14.1 Å². The number of halogens is 1. The maximum absolute atomic E-state index is 13.2. The lowest BCUT2D eigenvalue weighted by molar-refractivity contribution is 0.112. The van der Waals surface area contributed by atoms with Gasteiger partial charge in [0.1, 0.15) is 29.7 Å². The molecule has 0 spiro atoms. The molecule has 0 aliphatic rings. The second-order valence-electron chi connectivity index (χ2n) is 7.83. The summed E-state index contributed by atoms with van der Waals surface area (Å²) in [5.74, 6) is 1.07. The van der Waals surface area contributed by atoms with Crippen LogP contribution in [0.25, 0.3) is 0 Å². The van der Waals surface area contributed by atoms with Gasteiger partial charge in [-0.3, -0.25) is 4.79 Å². The Hall–Kier alpha value is -2.18. The third-order valence-electron chi connectivity index (χ3n) is 4.77. The number of aldehydes is 1. The predicted octanol–water partition coefficient (Wildman–Crippen LogP) is 5.83. The minimum absolute atomic E-state index is 0.165. The molecule has 2 aromatic carbocycles. The standard InChI is InChI=1S/C21H27FO4Si/c1-21(2,3)27(4,5)25-13-12-24-18-7-9-19(10-8-18)26-20-11-6-17(22)14-16(20)15-23/h6-11,14-15H,12-13H2,1-5H3. The van der Waals surface area contributed by atoms with Crippen molar-refractivity contribution in [1.29, 1.82) is 0 Å². The Morgan fingerprint density at radius 2 is 1.63 bits per heavy atom. The smallest absolute Gasteiger partial charge is 0.192 e. The van der Waals surface area contributed by atoms with Gasteiger partial charge in [-0.15, -0.1) is 0 Å². The van der Waals surface area contributed by atoms with Crippen molar-refractivity contribution in [2.75, 3.05) is 13.2 Å². The average Bonchev–Trinajstić information content (AvgIpc) is 2.60. The van der Waals surface area contributed by atoms with Crippen LogP contribution in [0.2, 0.25) is 18.1 Å². The molecular weight excluding hydrogens is 363 g/mol. The molecule has 0 atom stereocenters. The van der Waals surface area contributed by atoms with E-state index in [1.165, 1.54) is 12.1 Å². The van der Waals surface area contributed by atoms with Crippen LogP contribution in [-0.2, 0) is 4.43 Å². The number of carbonyl (C=O) groups is 1. The maximum Gasteiger partial charge on any atom is 0.192 e. The number of rotatable bonds is 8. The fourth-order valence-corrected chi connectivity index (χ4v) is 3.13. The molecule has 0 saturated heterocycles. The van der Waals surface area contributed by atoms with E-state index in [1.807, 2.05) is 0 Å². The Morgan fingerprint density at radius 3 is 2.22 bits per heavy atom. The lowest BCUT2D eigenvalue weighted by atomic mass is 10.2. The zero-order valence-electron chi connectivity index (χ0n) is 16.5. The Kier molecular flexibility index (Phi) is 6.78. The fraction of sp³-hybridized carbons (Fsp3) is 0.381. The van der Waals surface area contributed by atoms with Crippen molar-refractivity contribution in [3.63, 3.8) is 0 Å². The lowest BCUT2D eigenvalue weighted by Crippen LogP contribution is -2.41. The van der Waals surface area contributed by atoms with Crippen molar-refractivity contribution >= 4 is 14.6 Å². The number of hydrogen-bond donors (Lipinski definition) is 0. The van der Waals surface area contributed by atoms with Gasteiger partial charge < -0.3 is 13.9 Å². The quantitative estimate of drug-likeness (QED) is 0.323. The first kappa shape index (κ1) is 21.1. The first-order valence-electron chi connectivity index (χ1n) is 8.92. The van der Waals surface area contributed by atoms with Crippen molar-refractivity contribution in [3.05, 3.63) is 53.8 Å². The fourth-order valence-electron chi connectivity index (χ4n) is 2.11. The van der Waals surface area contributed by atoms with E-state index in [-0.39, 0.29) is 10.6 Å². The van der Waals surface area contributed by atoms with Crippen LogP contribution in [0.3, 0.4) is 0 Å². The summed E-state index contributed by atoms with van der Waals surface area (Å²) in [6.45, 7) is 12.1. The van der Waals surface area contributed by atoms with E-state index >= 15 is 0 Å². The molecule has 0 aliphatic heterocycles. The van der Waals surface area contributed by atoms with E-state index in [9.17, 15) is 9.18 Å². The molecule has 0 unspecified atom stereocenters. The Labute approximate surface area is 161 Å². The molecule has 0 fully saturated rings. The van der Waals surface area contributed by atoms with Crippen LogP contribution >= 0.6 is 0 Å². The Morgan fingerprint density at radius 1 is 1.00 bits per heavy atom. The molecule has 146 valence electrons. The van der Waals surface area contributed by atoms with Gasteiger partial charge in [0.15, 0.2) is 14.6 Å². The third-order valence-corrected chi connectivity index (χ3v) is 9.31. The van der Waals surface area contributed by atoms with Crippen LogP contribution < -0.4 is 9.47 Å². The Bertz CT molecular complexity index is 767. The molecule has 4 nitrogen and oxygen atoms in total. The number of hydrogen-bond acceptors (Lipinski definition) is 4. The molecule has 0 heterocycles. The minimum Gasteiger partial charge on any atom is -0.491 e. The highest BCUT2D eigenvalue weighted by Crippen LogP contribution is 2.36. The first-order chi connectivity index (χ1) is 12.6. The van der Waals surface area contributed by atoms with Gasteiger partial charge in [-0.2, -0.15) is 0 Å². The highest BCUT2D eigenvalue weighted by Gasteiger charge is 2.36. The molecule has 27 heavy (non-hydrogen) atoms. The summed E-state index contributed by atoms with van der Waals surface area (Å²) in [6, 6.07) is 10.9. The van der Waals surface area contributed by atoms with Gasteiger partial charge in [-0.25, -0.2) is 4.39 Å². The highest BCUT2D eigenvalue weighted by atomic mass is 28.4. The molecule has 0 aliphatic carbocycles. The van der Waals surface area contributed by atoms with Gasteiger partial charge in [0, 0.05) is 0 Å². The van der Waals surface area contributed by atoms with Crippen LogP contribution in [0.1, 0.15) is 31.1 Å². The SMILES string of the molecule is CC(C)(C)[Si](C)(C)OCCOc1ccc(Oc2ccc(F)cc2C=O)cc1. The van der Waals surface area contributed by atoms with Crippen molar-refractivity contribution in [3.8, 4) is 17.2 Å². The molecule has 2 aromatic rings. The summed E-state index contributed by atoms with van der Waals surface area (Å²) in [7, 11) is -1.76. The van der Waals surface area contributed by atoms with Crippen LogP contribution in [0.15, 0.2) is 42.5 Å². The van der Waals surface area contributed by atoms with E-state index in [0.717, 1.165) is 6.07 Å². The van der Waals surface area contributed by atoms with Gasteiger partial charge >= 0.3 is 0 Å². The van der Waals surface area contributed by atoms with Crippen LogP contribution in [0.5, 0.6) is 17.2 Å². The molecule has 0 bridgehead atoms. The summed E-state index contributed by atoms with van der Waals surface area (Å²) < 4.78 is 30.6. The number of benzene rings is 2. The van der Waals surface area contributed by atoms with E-state index in [0.29, 0.717) is 36.7 Å². The summed E-state index contributed by atoms with van der Waals surface area (Å²) in [4.78, 5) is 11.0. The topological polar surface area (TPSA) is 44.8 Å². The lowest BCUT2D eigenvalue weighted by Gasteiger charge is -2.36. The summed E-state index contributed by atoms with van der Waals surface area (Å²) >= 11 is 0. The van der Waals surface area contributed by atoms with Gasteiger partial charge in [-0.1, -0.05) is 20.8 Å². The predicted molar refractivity (Wildman–Crippen MR) is 107 cm³/mol. The number of ether oxygens (including phenoxy) is 2. The zero-order chi connectivity index (χ0) is 20.1.